The first kappa shape index (κ1) is 18.0. The molecule has 1 amide bonds. The van der Waals surface area contributed by atoms with Gasteiger partial charge in [0.2, 0.25) is 5.91 Å². The minimum absolute atomic E-state index is 0.0697. The van der Waals surface area contributed by atoms with E-state index < -0.39 is 0 Å². The van der Waals surface area contributed by atoms with Gasteiger partial charge in [-0.05, 0) is 38.0 Å². The first-order valence-electron chi connectivity index (χ1n) is 9.11. The lowest BCUT2D eigenvalue weighted by atomic mass is 10.1. The minimum Gasteiger partial charge on any atom is -0.496 e. The van der Waals surface area contributed by atoms with E-state index in [0.29, 0.717) is 6.10 Å². The highest BCUT2D eigenvalue weighted by Gasteiger charge is 2.24. The summed E-state index contributed by atoms with van der Waals surface area (Å²) in [7, 11) is 1.65. The Kier molecular flexibility index (Phi) is 6.10. The molecule has 0 radical (unpaired) electrons. The van der Waals surface area contributed by atoms with Crippen LogP contribution in [0.15, 0.2) is 24.3 Å². The van der Waals surface area contributed by atoms with Crippen LogP contribution >= 0.6 is 0 Å². The van der Waals surface area contributed by atoms with Gasteiger partial charge in [-0.25, -0.2) is 0 Å². The van der Waals surface area contributed by atoms with E-state index in [-0.39, 0.29) is 5.91 Å². The molecular weight excluding hydrogens is 316 g/mol. The maximum atomic E-state index is 12.5. The van der Waals surface area contributed by atoms with Crippen molar-refractivity contribution in [2.75, 3.05) is 46.4 Å². The molecule has 0 spiro atoms. The van der Waals surface area contributed by atoms with Crippen molar-refractivity contribution in [2.45, 2.75) is 25.9 Å². The van der Waals surface area contributed by atoms with Gasteiger partial charge in [0, 0.05) is 51.0 Å². The largest absolute Gasteiger partial charge is 0.496 e. The molecule has 2 aliphatic rings. The summed E-state index contributed by atoms with van der Waals surface area (Å²) in [6, 6.07) is 5.97. The Balaban J connectivity index is 1.51. The molecule has 1 aromatic carbocycles. The number of benzene rings is 1. The quantitative estimate of drug-likeness (QED) is 0.769. The van der Waals surface area contributed by atoms with E-state index >= 15 is 0 Å². The van der Waals surface area contributed by atoms with Crippen molar-refractivity contribution in [3.63, 3.8) is 0 Å². The van der Waals surface area contributed by atoms with E-state index in [0.717, 1.165) is 56.2 Å². The summed E-state index contributed by atoms with van der Waals surface area (Å²) in [5.41, 5.74) is 2.09. The van der Waals surface area contributed by atoms with Crippen molar-refractivity contribution in [3.05, 3.63) is 35.4 Å². The summed E-state index contributed by atoms with van der Waals surface area (Å²) in [6.07, 6.45) is 6.24. The van der Waals surface area contributed by atoms with E-state index in [4.69, 9.17) is 9.47 Å². The van der Waals surface area contributed by atoms with Gasteiger partial charge in [0.15, 0.2) is 0 Å². The minimum atomic E-state index is 0.0697. The molecule has 2 saturated heterocycles. The van der Waals surface area contributed by atoms with Crippen LogP contribution < -0.4 is 4.74 Å². The summed E-state index contributed by atoms with van der Waals surface area (Å²) in [4.78, 5) is 16.8. The molecule has 1 aromatic rings. The molecule has 1 atom stereocenters. The number of hydrogen-bond donors (Lipinski definition) is 0. The third kappa shape index (κ3) is 4.83. The number of aryl methyl sites for hydroxylation is 1. The van der Waals surface area contributed by atoms with Gasteiger partial charge in [-0.3, -0.25) is 9.69 Å². The topological polar surface area (TPSA) is 42.0 Å². The van der Waals surface area contributed by atoms with Crippen LogP contribution in [0, 0.1) is 6.92 Å². The van der Waals surface area contributed by atoms with Crippen LogP contribution in [0.2, 0.25) is 0 Å². The van der Waals surface area contributed by atoms with Gasteiger partial charge in [-0.1, -0.05) is 11.6 Å². The summed E-state index contributed by atoms with van der Waals surface area (Å²) in [5, 5.41) is 0. The first-order chi connectivity index (χ1) is 12.2. The molecule has 5 heteroatoms. The highest BCUT2D eigenvalue weighted by molar-refractivity contribution is 5.92. The number of ether oxygens (including phenoxy) is 2. The van der Waals surface area contributed by atoms with Crippen LogP contribution in [0.1, 0.15) is 24.0 Å². The number of piperazine rings is 1. The normalized spacial score (nSPS) is 21.8. The third-order valence-corrected chi connectivity index (χ3v) is 4.96. The zero-order valence-corrected chi connectivity index (χ0v) is 15.2. The fraction of sp³-hybridized carbons (Fsp3) is 0.550. The highest BCUT2D eigenvalue weighted by atomic mass is 16.5. The van der Waals surface area contributed by atoms with Crippen LogP contribution in [0.4, 0.5) is 0 Å². The van der Waals surface area contributed by atoms with Crippen molar-refractivity contribution in [3.8, 4) is 5.75 Å². The predicted molar refractivity (Wildman–Crippen MR) is 98.8 cm³/mol. The molecule has 5 nitrogen and oxygen atoms in total. The maximum Gasteiger partial charge on any atom is 0.246 e. The monoisotopic (exact) mass is 344 g/mol. The lowest BCUT2D eigenvalue weighted by Crippen LogP contribution is -2.50. The van der Waals surface area contributed by atoms with Crippen molar-refractivity contribution in [1.82, 2.24) is 9.80 Å². The standard InChI is InChI=1S/C20H28N2O3/c1-16-5-7-19(24-2)17(14-16)6-8-20(23)22-11-9-21(10-12-22)15-18-4-3-13-25-18/h5-8,14,18H,3-4,9-13,15H2,1-2H3/b8-6+. The Hall–Kier alpha value is -1.85. The molecule has 1 unspecified atom stereocenters. The Bertz CT molecular complexity index is 615. The second kappa shape index (κ2) is 8.50. The summed E-state index contributed by atoms with van der Waals surface area (Å²) < 4.78 is 11.1. The fourth-order valence-electron chi connectivity index (χ4n) is 3.48. The molecule has 0 bridgehead atoms. The van der Waals surface area contributed by atoms with E-state index in [1.165, 1.54) is 12.8 Å². The Morgan fingerprint density at radius 1 is 1.32 bits per heavy atom. The van der Waals surface area contributed by atoms with Crippen LogP contribution in [-0.4, -0.2) is 68.3 Å². The lowest BCUT2D eigenvalue weighted by molar-refractivity contribution is -0.127. The second-order valence-corrected chi connectivity index (χ2v) is 6.84. The zero-order valence-electron chi connectivity index (χ0n) is 15.2. The van der Waals surface area contributed by atoms with Crippen molar-refractivity contribution in [2.24, 2.45) is 0 Å². The van der Waals surface area contributed by atoms with E-state index in [9.17, 15) is 4.79 Å². The molecule has 2 aliphatic heterocycles. The average molecular weight is 344 g/mol. The molecule has 0 saturated carbocycles. The number of carbonyl (C=O) groups excluding carboxylic acids is 1. The van der Waals surface area contributed by atoms with Gasteiger partial charge < -0.3 is 14.4 Å². The summed E-state index contributed by atoms with van der Waals surface area (Å²) in [6.45, 7) is 7.34. The zero-order chi connectivity index (χ0) is 17.6. The van der Waals surface area contributed by atoms with Gasteiger partial charge in [0.25, 0.3) is 0 Å². The number of rotatable bonds is 5. The van der Waals surface area contributed by atoms with Crippen molar-refractivity contribution < 1.29 is 14.3 Å². The number of carbonyl (C=O) groups is 1. The van der Waals surface area contributed by atoms with Crippen molar-refractivity contribution in [1.29, 1.82) is 0 Å². The molecule has 2 fully saturated rings. The number of methoxy groups -OCH3 is 1. The van der Waals surface area contributed by atoms with Gasteiger partial charge in [0.1, 0.15) is 5.75 Å². The molecule has 3 rings (SSSR count). The van der Waals surface area contributed by atoms with Gasteiger partial charge >= 0.3 is 0 Å². The number of amides is 1. The molecule has 0 N–H and O–H groups in total. The second-order valence-electron chi connectivity index (χ2n) is 6.84. The third-order valence-electron chi connectivity index (χ3n) is 4.96. The lowest BCUT2D eigenvalue weighted by Gasteiger charge is -2.35. The van der Waals surface area contributed by atoms with Gasteiger partial charge in [-0.2, -0.15) is 0 Å². The Morgan fingerprint density at radius 3 is 2.80 bits per heavy atom. The smallest absolute Gasteiger partial charge is 0.246 e. The molecular formula is C20H28N2O3. The SMILES string of the molecule is COc1ccc(C)cc1/C=C/C(=O)N1CCN(CC2CCCO2)CC1. The van der Waals surface area contributed by atoms with E-state index in [1.807, 2.05) is 36.1 Å². The fourth-order valence-corrected chi connectivity index (χ4v) is 3.48. The Labute approximate surface area is 150 Å². The predicted octanol–water partition coefficient (Wildman–Crippen LogP) is 2.34. The average Bonchev–Trinajstić information content (AvgIpc) is 3.13. The molecule has 136 valence electrons. The van der Waals surface area contributed by atoms with E-state index in [1.54, 1.807) is 13.2 Å². The number of nitrogens with zero attached hydrogens (tertiary/aromatic N) is 2. The van der Waals surface area contributed by atoms with Crippen LogP contribution in [0.25, 0.3) is 6.08 Å². The number of hydrogen-bond acceptors (Lipinski definition) is 4. The molecule has 2 heterocycles. The first-order valence-corrected chi connectivity index (χ1v) is 9.11. The molecule has 0 aromatic heterocycles. The molecule has 25 heavy (non-hydrogen) atoms. The van der Waals surface area contributed by atoms with Crippen LogP contribution in [0.3, 0.4) is 0 Å². The Morgan fingerprint density at radius 2 is 2.12 bits per heavy atom. The summed E-state index contributed by atoms with van der Waals surface area (Å²) >= 11 is 0. The van der Waals surface area contributed by atoms with Crippen LogP contribution in [0.5, 0.6) is 5.75 Å². The maximum absolute atomic E-state index is 12.5. The van der Waals surface area contributed by atoms with Gasteiger partial charge in [0.05, 0.1) is 13.2 Å². The van der Waals surface area contributed by atoms with Crippen LogP contribution in [-0.2, 0) is 9.53 Å². The van der Waals surface area contributed by atoms with Gasteiger partial charge in [-0.15, -0.1) is 0 Å². The highest BCUT2D eigenvalue weighted by Crippen LogP contribution is 2.21. The molecule has 0 aliphatic carbocycles. The van der Waals surface area contributed by atoms with Crippen molar-refractivity contribution >= 4 is 12.0 Å². The van der Waals surface area contributed by atoms with E-state index in [2.05, 4.69) is 4.90 Å². The summed E-state index contributed by atoms with van der Waals surface area (Å²) in [5.74, 6) is 0.858.